The zero-order valence-corrected chi connectivity index (χ0v) is 10.9. The van der Waals surface area contributed by atoms with Gasteiger partial charge in [-0.15, -0.1) is 0 Å². The molecule has 0 saturated carbocycles. The van der Waals surface area contributed by atoms with E-state index in [4.69, 9.17) is 0 Å². The molecule has 0 atom stereocenters. The van der Waals surface area contributed by atoms with Crippen LogP contribution in [0.1, 0.15) is 0 Å². The second-order valence-electron chi connectivity index (χ2n) is 4.83. The summed E-state index contributed by atoms with van der Waals surface area (Å²) >= 11 is 0. The van der Waals surface area contributed by atoms with Crippen molar-refractivity contribution in [3.05, 3.63) is 79.1 Å². The fraction of sp³-hybridized carbons (Fsp3) is 0. The van der Waals surface area contributed by atoms with Gasteiger partial charge in [-0.3, -0.25) is 4.98 Å². The number of rotatable bonds is 1. The second kappa shape index (κ2) is 4.46. The van der Waals surface area contributed by atoms with E-state index in [9.17, 15) is 0 Å². The van der Waals surface area contributed by atoms with Crippen molar-refractivity contribution in [2.45, 2.75) is 0 Å². The summed E-state index contributed by atoms with van der Waals surface area (Å²) in [5.74, 6) is 0. The maximum Gasteiger partial charge on any atom is 0.0346 e. The molecule has 0 bridgehead atoms. The molecule has 0 fully saturated rings. The summed E-state index contributed by atoms with van der Waals surface area (Å²) in [7, 11) is 0. The molecular weight excluding hydrogens is 242 g/mol. The van der Waals surface area contributed by atoms with E-state index in [2.05, 4.69) is 65.6 Å². The molecule has 1 heterocycles. The number of hydrogen-bond acceptors (Lipinski definition) is 1. The minimum atomic E-state index is 1.14. The maximum atomic E-state index is 4.26. The first-order chi connectivity index (χ1) is 9.93. The van der Waals surface area contributed by atoms with Gasteiger partial charge in [-0.05, 0) is 39.2 Å². The fourth-order valence-electron chi connectivity index (χ4n) is 2.73. The number of benzene rings is 3. The van der Waals surface area contributed by atoms with E-state index in [1.54, 1.807) is 0 Å². The van der Waals surface area contributed by atoms with Crippen molar-refractivity contribution in [2.75, 3.05) is 0 Å². The topological polar surface area (TPSA) is 12.9 Å². The highest BCUT2D eigenvalue weighted by atomic mass is 14.6. The summed E-state index contributed by atoms with van der Waals surface area (Å²) in [6, 6.07) is 24.4. The van der Waals surface area contributed by atoms with Crippen LogP contribution in [-0.4, -0.2) is 4.98 Å². The zero-order valence-electron chi connectivity index (χ0n) is 10.9. The van der Waals surface area contributed by atoms with Crippen molar-refractivity contribution in [2.24, 2.45) is 0 Å². The molecular formula is C19H12N. The van der Waals surface area contributed by atoms with E-state index in [1.807, 2.05) is 18.5 Å². The Morgan fingerprint density at radius 1 is 0.700 bits per heavy atom. The lowest BCUT2D eigenvalue weighted by atomic mass is 9.93. The van der Waals surface area contributed by atoms with Crippen molar-refractivity contribution in [3.8, 4) is 11.1 Å². The predicted molar refractivity (Wildman–Crippen MR) is 83.5 cm³/mol. The Hall–Kier alpha value is -2.67. The van der Waals surface area contributed by atoms with Crippen LogP contribution in [0, 0.1) is 6.07 Å². The van der Waals surface area contributed by atoms with Crippen LogP contribution in [0.5, 0.6) is 0 Å². The Morgan fingerprint density at radius 2 is 1.35 bits per heavy atom. The van der Waals surface area contributed by atoms with Crippen LogP contribution in [-0.2, 0) is 0 Å². The third-order valence-electron chi connectivity index (χ3n) is 3.61. The van der Waals surface area contributed by atoms with Gasteiger partial charge in [-0.1, -0.05) is 54.6 Å². The monoisotopic (exact) mass is 254 g/mol. The average molecular weight is 254 g/mol. The van der Waals surface area contributed by atoms with Crippen molar-refractivity contribution in [1.29, 1.82) is 0 Å². The van der Waals surface area contributed by atoms with Crippen LogP contribution >= 0.6 is 0 Å². The summed E-state index contributed by atoms with van der Waals surface area (Å²) in [4.78, 5) is 4.26. The highest BCUT2D eigenvalue weighted by Gasteiger charge is 2.09. The summed E-state index contributed by atoms with van der Waals surface area (Å²) in [6.07, 6.45) is 3.73. The lowest BCUT2D eigenvalue weighted by Gasteiger charge is -2.11. The molecule has 0 aliphatic heterocycles. The maximum absolute atomic E-state index is 4.26. The van der Waals surface area contributed by atoms with Crippen molar-refractivity contribution < 1.29 is 0 Å². The number of hydrogen-bond donors (Lipinski definition) is 0. The van der Waals surface area contributed by atoms with E-state index in [-0.39, 0.29) is 0 Å². The van der Waals surface area contributed by atoms with E-state index in [1.165, 1.54) is 16.3 Å². The lowest BCUT2D eigenvalue weighted by Crippen LogP contribution is -1.86. The first kappa shape index (κ1) is 11.2. The van der Waals surface area contributed by atoms with Gasteiger partial charge in [0.1, 0.15) is 0 Å². The van der Waals surface area contributed by atoms with E-state index >= 15 is 0 Å². The van der Waals surface area contributed by atoms with Crippen LogP contribution in [0.3, 0.4) is 0 Å². The van der Waals surface area contributed by atoms with Crippen molar-refractivity contribution >= 4 is 21.5 Å². The average Bonchev–Trinajstić information content (AvgIpc) is 2.53. The molecule has 0 N–H and O–H groups in total. The molecule has 20 heavy (non-hydrogen) atoms. The van der Waals surface area contributed by atoms with Gasteiger partial charge in [0.05, 0.1) is 0 Å². The second-order valence-corrected chi connectivity index (χ2v) is 4.83. The lowest BCUT2D eigenvalue weighted by molar-refractivity contribution is 1.33. The largest absolute Gasteiger partial charge is 0.264 e. The normalized spacial score (nSPS) is 11.0. The van der Waals surface area contributed by atoms with Gasteiger partial charge >= 0.3 is 0 Å². The molecule has 1 nitrogen and oxygen atoms in total. The SMILES string of the molecule is [c]1c2ccccc2c(-c2cccnc2)c2ccccc12. The summed E-state index contributed by atoms with van der Waals surface area (Å²) in [5, 5.41) is 4.73. The molecule has 93 valence electrons. The number of aromatic nitrogens is 1. The Labute approximate surface area is 117 Å². The number of pyridine rings is 1. The molecule has 1 heteroatoms. The number of fused-ring (bicyclic) bond motifs is 2. The van der Waals surface area contributed by atoms with Gasteiger partial charge < -0.3 is 0 Å². The van der Waals surface area contributed by atoms with Crippen LogP contribution < -0.4 is 0 Å². The van der Waals surface area contributed by atoms with Crippen LogP contribution in [0.15, 0.2) is 73.1 Å². The van der Waals surface area contributed by atoms with Crippen LogP contribution in [0.25, 0.3) is 32.7 Å². The van der Waals surface area contributed by atoms with E-state index in [0.717, 1.165) is 16.3 Å². The van der Waals surface area contributed by atoms with Gasteiger partial charge in [0, 0.05) is 18.0 Å². The smallest absolute Gasteiger partial charge is 0.0346 e. The summed E-state index contributed by atoms with van der Waals surface area (Å²) < 4.78 is 0. The molecule has 4 aromatic rings. The van der Waals surface area contributed by atoms with Gasteiger partial charge in [0.15, 0.2) is 0 Å². The molecule has 0 unspecified atom stereocenters. The summed E-state index contributed by atoms with van der Waals surface area (Å²) in [6.45, 7) is 0. The quantitative estimate of drug-likeness (QED) is 0.442. The number of nitrogens with zero attached hydrogens (tertiary/aromatic N) is 1. The van der Waals surface area contributed by atoms with Crippen molar-refractivity contribution in [1.82, 2.24) is 4.98 Å². The first-order valence-corrected chi connectivity index (χ1v) is 6.67. The molecule has 3 aromatic carbocycles. The standard InChI is InChI=1S/C19H12N/c1-3-9-17-14(6-1)12-15-7-2-4-10-18(15)19(17)16-8-5-11-20-13-16/h1-11,13H. The van der Waals surface area contributed by atoms with Gasteiger partial charge in [0.2, 0.25) is 0 Å². The van der Waals surface area contributed by atoms with Gasteiger partial charge in [-0.25, -0.2) is 0 Å². The van der Waals surface area contributed by atoms with Crippen LogP contribution in [0.2, 0.25) is 0 Å². The zero-order chi connectivity index (χ0) is 13.4. The fourth-order valence-corrected chi connectivity index (χ4v) is 2.73. The molecule has 0 aliphatic carbocycles. The Bertz CT molecular complexity index is 841. The summed E-state index contributed by atoms with van der Waals surface area (Å²) in [5.41, 5.74) is 2.39. The first-order valence-electron chi connectivity index (χ1n) is 6.67. The molecule has 1 radical (unpaired) electrons. The minimum absolute atomic E-state index is 1.14. The minimum Gasteiger partial charge on any atom is -0.264 e. The third-order valence-corrected chi connectivity index (χ3v) is 3.61. The van der Waals surface area contributed by atoms with Gasteiger partial charge in [-0.2, -0.15) is 0 Å². The highest BCUT2D eigenvalue weighted by Crippen LogP contribution is 2.35. The Balaban J connectivity index is 2.24. The Kier molecular flexibility index (Phi) is 2.49. The van der Waals surface area contributed by atoms with Crippen molar-refractivity contribution in [3.63, 3.8) is 0 Å². The molecule has 1 aromatic heterocycles. The van der Waals surface area contributed by atoms with E-state index < -0.39 is 0 Å². The Morgan fingerprint density at radius 3 is 1.95 bits per heavy atom. The van der Waals surface area contributed by atoms with Gasteiger partial charge in [0.25, 0.3) is 0 Å². The molecule has 4 rings (SSSR count). The van der Waals surface area contributed by atoms with Crippen LogP contribution in [0.4, 0.5) is 0 Å². The third kappa shape index (κ3) is 1.68. The molecule has 0 spiro atoms. The molecule has 0 aliphatic rings. The highest BCUT2D eigenvalue weighted by molar-refractivity contribution is 6.12. The predicted octanol–water partition coefficient (Wildman–Crippen LogP) is 4.86. The van der Waals surface area contributed by atoms with E-state index in [0.29, 0.717) is 0 Å². The molecule has 0 amide bonds. The molecule has 0 saturated heterocycles.